The van der Waals surface area contributed by atoms with Crippen LogP contribution >= 0.6 is 0 Å². The van der Waals surface area contributed by atoms with E-state index in [2.05, 4.69) is 20.5 Å². The molecule has 0 fully saturated rings. The first-order chi connectivity index (χ1) is 15.1. The van der Waals surface area contributed by atoms with Crippen LogP contribution in [0, 0.1) is 13.8 Å². The highest BCUT2D eigenvalue weighted by Crippen LogP contribution is 2.36. The summed E-state index contributed by atoms with van der Waals surface area (Å²) in [4.78, 5) is -0.472. The molecule has 0 amide bonds. The number of ether oxygens (including phenoxy) is 1. The van der Waals surface area contributed by atoms with Crippen molar-refractivity contribution in [2.45, 2.75) is 18.7 Å². The second-order valence-corrected chi connectivity index (χ2v) is 8.25. The fraction of sp³-hybridized carbons (Fsp3) is 0.143. The van der Waals surface area contributed by atoms with Crippen molar-refractivity contribution in [3.05, 3.63) is 59.7 Å². The Kier molecular flexibility index (Phi) is 6.51. The largest absolute Gasteiger partial charge is 0.508 e. The van der Waals surface area contributed by atoms with E-state index in [-0.39, 0.29) is 17.1 Å². The van der Waals surface area contributed by atoms with Gasteiger partial charge in [-0.1, -0.05) is 0 Å². The second-order valence-electron chi connectivity index (χ2n) is 6.86. The molecule has 0 aliphatic rings. The molecule has 0 unspecified atom stereocenters. The number of phenolic OH excluding ortho intramolecular Hbond substituents is 1. The van der Waals surface area contributed by atoms with Gasteiger partial charge in [0.25, 0.3) is 10.1 Å². The summed E-state index contributed by atoms with van der Waals surface area (Å²) < 4.78 is 38.8. The minimum Gasteiger partial charge on any atom is -0.508 e. The molecular formula is C21H21N5O5S. The number of aromatic hydroxyl groups is 1. The van der Waals surface area contributed by atoms with Gasteiger partial charge in [-0.05, 0) is 61.4 Å². The van der Waals surface area contributed by atoms with Gasteiger partial charge >= 0.3 is 0 Å². The van der Waals surface area contributed by atoms with Crippen molar-refractivity contribution in [2.75, 3.05) is 12.8 Å². The number of phenols is 1. The van der Waals surface area contributed by atoms with E-state index in [0.717, 1.165) is 6.07 Å². The third-order valence-corrected chi connectivity index (χ3v) is 5.46. The molecule has 0 spiro atoms. The van der Waals surface area contributed by atoms with Crippen LogP contribution in [0.25, 0.3) is 0 Å². The van der Waals surface area contributed by atoms with Crippen LogP contribution in [0.1, 0.15) is 11.1 Å². The Morgan fingerprint density at radius 3 is 2.12 bits per heavy atom. The molecule has 0 radical (unpaired) electrons. The van der Waals surface area contributed by atoms with Crippen molar-refractivity contribution >= 4 is 38.6 Å². The Bertz CT molecular complexity index is 1320. The highest BCUT2D eigenvalue weighted by molar-refractivity contribution is 7.86. The summed E-state index contributed by atoms with van der Waals surface area (Å²) in [5, 5.41) is 25.5. The SMILES string of the molecule is COc1cc(N)c(C)c(N=Nc2cc(C)c(N=Nc3ccc(O)cc3)cc2S(=O)(=O)O)c1. The molecule has 0 aromatic heterocycles. The molecule has 0 aliphatic carbocycles. The molecule has 11 heteroatoms. The number of anilines is 1. The van der Waals surface area contributed by atoms with Crippen molar-refractivity contribution in [1.29, 1.82) is 0 Å². The summed E-state index contributed by atoms with van der Waals surface area (Å²) in [5.74, 6) is 0.551. The molecule has 0 atom stereocenters. The van der Waals surface area contributed by atoms with Gasteiger partial charge in [-0.25, -0.2) is 0 Å². The number of nitrogens with zero attached hydrogens (tertiary/aromatic N) is 4. The number of nitrogens with two attached hydrogens (primary N) is 1. The zero-order valence-corrected chi connectivity index (χ0v) is 18.3. The van der Waals surface area contributed by atoms with Gasteiger partial charge in [-0.15, -0.1) is 5.11 Å². The van der Waals surface area contributed by atoms with Crippen molar-refractivity contribution in [2.24, 2.45) is 20.5 Å². The molecular weight excluding hydrogens is 434 g/mol. The number of benzene rings is 3. The number of hydrogen-bond donors (Lipinski definition) is 3. The lowest BCUT2D eigenvalue weighted by atomic mass is 10.1. The number of nitrogen functional groups attached to an aromatic ring is 1. The summed E-state index contributed by atoms with van der Waals surface area (Å²) >= 11 is 0. The predicted molar refractivity (Wildman–Crippen MR) is 120 cm³/mol. The van der Waals surface area contributed by atoms with Gasteiger partial charge in [-0.2, -0.15) is 23.8 Å². The number of azo groups is 2. The lowest BCUT2D eigenvalue weighted by Gasteiger charge is -2.08. The van der Waals surface area contributed by atoms with Crippen LogP contribution in [0.3, 0.4) is 0 Å². The van der Waals surface area contributed by atoms with E-state index < -0.39 is 15.0 Å². The monoisotopic (exact) mass is 455 g/mol. The smallest absolute Gasteiger partial charge is 0.296 e. The minimum atomic E-state index is -4.63. The Morgan fingerprint density at radius 2 is 1.50 bits per heavy atom. The Hall–Kier alpha value is -3.83. The quantitative estimate of drug-likeness (QED) is 0.246. The molecule has 3 rings (SSSR count). The van der Waals surface area contributed by atoms with E-state index in [1.54, 1.807) is 38.1 Å². The maximum Gasteiger partial charge on any atom is 0.296 e. The van der Waals surface area contributed by atoms with Gasteiger partial charge in [-0.3, -0.25) is 4.55 Å². The third-order valence-electron chi connectivity index (χ3n) is 4.57. The Balaban J connectivity index is 2.04. The molecule has 3 aromatic carbocycles. The number of methoxy groups -OCH3 is 1. The van der Waals surface area contributed by atoms with Crippen LogP contribution in [0.5, 0.6) is 11.5 Å². The molecule has 0 heterocycles. The van der Waals surface area contributed by atoms with Crippen LogP contribution in [0.4, 0.5) is 28.4 Å². The molecule has 0 bridgehead atoms. The molecule has 0 saturated carbocycles. The van der Waals surface area contributed by atoms with Gasteiger partial charge < -0.3 is 15.6 Å². The Morgan fingerprint density at radius 1 is 0.875 bits per heavy atom. The first-order valence-electron chi connectivity index (χ1n) is 9.27. The molecule has 10 nitrogen and oxygen atoms in total. The number of rotatable bonds is 6. The van der Waals surface area contributed by atoms with E-state index in [1.165, 1.54) is 25.3 Å². The molecule has 4 N–H and O–H groups in total. The zero-order chi connectivity index (χ0) is 23.5. The van der Waals surface area contributed by atoms with E-state index in [1.807, 2.05) is 0 Å². The topological polar surface area (TPSA) is 159 Å². The van der Waals surface area contributed by atoms with Gasteiger partial charge in [0.1, 0.15) is 22.1 Å². The summed E-state index contributed by atoms with van der Waals surface area (Å²) in [6.45, 7) is 3.43. The van der Waals surface area contributed by atoms with Crippen LogP contribution < -0.4 is 10.5 Å². The molecule has 166 valence electrons. The van der Waals surface area contributed by atoms with Crippen molar-refractivity contribution in [1.82, 2.24) is 0 Å². The highest BCUT2D eigenvalue weighted by atomic mass is 32.2. The molecule has 3 aromatic rings. The average Bonchev–Trinajstić information content (AvgIpc) is 2.74. The summed E-state index contributed by atoms with van der Waals surface area (Å²) in [5.41, 5.74) is 8.55. The van der Waals surface area contributed by atoms with Gasteiger partial charge in [0.05, 0.1) is 24.2 Å². The first kappa shape index (κ1) is 22.8. The van der Waals surface area contributed by atoms with Crippen molar-refractivity contribution in [3.8, 4) is 11.5 Å². The normalized spacial score (nSPS) is 12.0. The average molecular weight is 455 g/mol. The standard InChI is InChI=1S/C21H21N5O5S/c1-12-8-20(26-25-19-10-16(31-3)9-17(22)13(19)2)21(32(28,29)30)11-18(12)24-23-14-4-6-15(27)7-5-14/h4-11,27H,22H2,1-3H3,(H,28,29,30). The fourth-order valence-electron chi connectivity index (χ4n) is 2.71. The summed E-state index contributed by atoms with van der Waals surface area (Å²) in [7, 11) is -3.15. The van der Waals surface area contributed by atoms with E-state index in [4.69, 9.17) is 10.5 Å². The lowest BCUT2D eigenvalue weighted by molar-refractivity contribution is 0.415. The second kappa shape index (κ2) is 9.12. The zero-order valence-electron chi connectivity index (χ0n) is 17.5. The predicted octanol–water partition coefficient (Wildman–Crippen LogP) is 5.68. The van der Waals surface area contributed by atoms with Crippen LogP contribution in [0.15, 0.2) is 73.9 Å². The number of aryl methyl sites for hydroxylation is 1. The first-order valence-corrected chi connectivity index (χ1v) is 10.7. The van der Waals surface area contributed by atoms with Crippen molar-refractivity contribution < 1.29 is 22.8 Å². The van der Waals surface area contributed by atoms with Crippen LogP contribution in [-0.2, 0) is 10.1 Å². The van der Waals surface area contributed by atoms with Crippen LogP contribution in [0.2, 0.25) is 0 Å². The van der Waals surface area contributed by atoms with E-state index >= 15 is 0 Å². The maximum absolute atomic E-state index is 12.0. The van der Waals surface area contributed by atoms with Crippen LogP contribution in [-0.4, -0.2) is 25.2 Å². The fourth-order valence-corrected chi connectivity index (χ4v) is 3.33. The maximum atomic E-state index is 12.0. The van der Waals surface area contributed by atoms with Gasteiger partial charge in [0, 0.05) is 17.8 Å². The Labute approximate surface area is 184 Å². The van der Waals surface area contributed by atoms with E-state index in [9.17, 15) is 18.1 Å². The van der Waals surface area contributed by atoms with Gasteiger partial charge in [0.15, 0.2) is 0 Å². The number of hydrogen-bond acceptors (Lipinski definition) is 9. The molecule has 32 heavy (non-hydrogen) atoms. The third kappa shape index (κ3) is 5.25. The molecule has 0 aliphatic heterocycles. The minimum absolute atomic E-state index is 0.0747. The van der Waals surface area contributed by atoms with Crippen molar-refractivity contribution in [3.63, 3.8) is 0 Å². The van der Waals surface area contributed by atoms with E-state index in [0.29, 0.717) is 33.9 Å². The lowest BCUT2D eigenvalue weighted by Crippen LogP contribution is -1.99. The highest BCUT2D eigenvalue weighted by Gasteiger charge is 2.19. The van der Waals surface area contributed by atoms with Gasteiger partial charge in [0.2, 0.25) is 0 Å². The molecule has 0 saturated heterocycles. The summed E-state index contributed by atoms with van der Waals surface area (Å²) in [6.07, 6.45) is 0. The summed E-state index contributed by atoms with van der Waals surface area (Å²) in [6, 6.07) is 11.8.